The monoisotopic (exact) mass is 320 g/mol. The Bertz CT molecular complexity index is 663. The molecule has 110 valence electrons. The van der Waals surface area contributed by atoms with Crippen molar-refractivity contribution in [2.75, 3.05) is 6.54 Å². The van der Waals surface area contributed by atoms with Crippen LogP contribution in [-0.2, 0) is 10.0 Å². The summed E-state index contributed by atoms with van der Waals surface area (Å²) >= 11 is 5.70. The molecule has 2 atom stereocenters. The van der Waals surface area contributed by atoms with Crippen LogP contribution in [0.3, 0.4) is 0 Å². The lowest BCUT2D eigenvalue weighted by atomic mass is 10.2. The number of benzene rings is 1. The Hall–Kier alpha value is -1.18. The van der Waals surface area contributed by atoms with Gasteiger partial charge in [0.25, 0.3) is 5.91 Å². The van der Waals surface area contributed by atoms with Crippen molar-refractivity contribution in [2.24, 2.45) is 17.0 Å². The molecule has 1 aliphatic rings. The number of rotatable bonds is 4. The molecule has 0 aliphatic heterocycles. The Labute approximate surface area is 121 Å². The first-order chi connectivity index (χ1) is 9.20. The minimum atomic E-state index is -4.28. The van der Waals surface area contributed by atoms with Crippen molar-refractivity contribution in [3.63, 3.8) is 0 Å². The Morgan fingerprint density at radius 1 is 1.55 bits per heavy atom. The van der Waals surface area contributed by atoms with Crippen molar-refractivity contribution in [3.8, 4) is 0 Å². The second-order valence-corrected chi connectivity index (χ2v) is 6.96. The molecule has 1 aliphatic carbocycles. The zero-order chi connectivity index (χ0) is 15.1. The lowest BCUT2D eigenvalue weighted by Crippen LogP contribution is -2.27. The van der Waals surface area contributed by atoms with Crippen LogP contribution in [0.15, 0.2) is 17.0 Å². The molecule has 0 spiro atoms. The van der Waals surface area contributed by atoms with E-state index in [9.17, 15) is 17.6 Å². The fraction of sp³-hybridized carbons (Fsp3) is 0.417. The van der Waals surface area contributed by atoms with E-state index in [4.69, 9.17) is 16.7 Å². The van der Waals surface area contributed by atoms with E-state index in [2.05, 4.69) is 12.2 Å². The van der Waals surface area contributed by atoms with Gasteiger partial charge in [-0.2, -0.15) is 0 Å². The molecule has 3 N–H and O–H groups in total. The maximum Gasteiger partial charge on any atom is 0.254 e. The molecule has 5 nitrogen and oxygen atoms in total. The van der Waals surface area contributed by atoms with Crippen molar-refractivity contribution < 1.29 is 17.6 Å². The third-order valence-electron chi connectivity index (χ3n) is 3.36. The number of nitrogens with two attached hydrogens (primary N) is 1. The van der Waals surface area contributed by atoms with Gasteiger partial charge in [-0.1, -0.05) is 18.5 Å². The fourth-order valence-corrected chi connectivity index (χ4v) is 2.87. The van der Waals surface area contributed by atoms with Gasteiger partial charge in [-0.25, -0.2) is 17.9 Å². The molecule has 0 aromatic heterocycles. The van der Waals surface area contributed by atoms with Crippen LogP contribution in [0.1, 0.15) is 23.7 Å². The van der Waals surface area contributed by atoms with Crippen LogP contribution in [0, 0.1) is 17.7 Å². The normalized spacial score (nSPS) is 21.6. The summed E-state index contributed by atoms with van der Waals surface area (Å²) in [5.41, 5.74) is -0.421. The summed E-state index contributed by atoms with van der Waals surface area (Å²) in [4.78, 5) is 11.1. The highest BCUT2D eigenvalue weighted by atomic mass is 35.5. The molecule has 1 amide bonds. The molecular formula is C12H14ClFN2O3S. The van der Waals surface area contributed by atoms with E-state index in [-0.39, 0.29) is 5.02 Å². The molecule has 0 radical (unpaired) electrons. The van der Waals surface area contributed by atoms with E-state index in [0.717, 1.165) is 18.6 Å². The number of hydrogen-bond acceptors (Lipinski definition) is 3. The largest absolute Gasteiger partial charge is 0.352 e. The lowest BCUT2D eigenvalue weighted by Gasteiger charge is -2.09. The van der Waals surface area contributed by atoms with Gasteiger partial charge < -0.3 is 5.32 Å². The van der Waals surface area contributed by atoms with Gasteiger partial charge in [0.1, 0.15) is 4.90 Å². The summed E-state index contributed by atoms with van der Waals surface area (Å²) in [7, 11) is -4.28. The smallest absolute Gasteiger partial charge is 0.254 e. The van der Waals surface area contributed by atoms with Crippen LogP contribution in [-0.4, -0.2) is 20.9 Å². The standard InChI is InChI=1S/C12H14ClFN2O3S/c1-6-2-7(6)5-16-12(17)9-3-8(13)4-10(11(9)14)20(15,18)19/h3-4,6-7H,2,5H2,1H3,(H,16,17)(H2,15,18,19). The molecule has 8 heteroatoms. The first-order valence-corrected chi connectivity index (χ1v) is 7.92. The predicted octanol–water partition coefficient (Wildman–Crippen LogP) is 1.51. The van der Waals surface area contributed by atoms with Crippen molar-refractivity contribution >= 4 is 27.5 Å². The number of halogens is 2. The molecule has 0 heterocycles. The van der Waals surface area contributed by atoms with Gasteiger partial charge in [0.15, 0.2) is 5.82 Å². The Kier molecular flexibility index (Phi) is 4.04. The number of carbonyl (C=O) groups is 1. The number of hydrogen-bond donors (Lipinski definition) is 2. The van der Waals surface area contributed by atoms with Gasteiger partial charge in [0, 0.05) is 11.6 Å². The zero-order valence-electron chi connectivity index (χ0n) is 10.7. The van der Waals surface area contributed by atoms with E-state index in [0.29, 0.717) is 18.4 Å². The minimum Gasteiger partial charge on any atom is -0.352 e. The van der Waals surface area contributed by atoms with Crippen LogP contribution in [0.4, 0.5) is 4.39 Å². The van der Waals surface area contributed by atoms with Crippen molar-refractivity contribution in [2.45, 2.75) is 18.2 Å². The van der Waals surface area contributed by atoms with Crippen molar-refractivity contribution in [3.05, 3.63) is 28.5 Å². The summed E-state index contributed by atoms with van der Waals surface area (Å²) in [5, 5.41) is 7.38. The van der Waals surface area contributed by atoms with Gasteiger partial charge in [-0.15, -0.1) is 0 Å². The molecule has 1 aromatic rings. The summed E-state index contributed by atoms with van der Waals surface area (Å²) in [6.07, 6.45) is 1.01. The molecule has 1 saturated carbocycles. The van der Waals surface area contributed by atoms with Crippen molar-refractivity contribution in [1.29, 1.82) is 0 Å². The third kappa shape index (κ3) is 3.28. The topological polar surface area (TPSA) is 89.3 Å². The van der Waals surface area contributed by atoms with Gasteiger partial charge in [0.2, 0.25) is 10.0 Å². The van der Waals surface area contributed by atoms with Gasteiger partial charge in [-0.3, -0.25) is 4.79 Å². The molecular weight excluding hydrogens is 307 g/mol. The zero-order valence-corrected chi connectivity index (χ0v) is 12.3. The van der Waals surface area contributed by atoms with E-state index in [1.807, 2.05) is 0 Å². The highest BCUT2D eigenvalue weighted by molar-refractivity contribution is 7.89. The highest BCUT2D eigenvalue weighted by Gasteiger charge is 2.33. The quantitative estimate of drug-likeness (QED) is 0.881. The molecule has 20 heavy (non-hydrogen) atoms. The maximum absolute atomic E-state index is 14.0. The predicted molar refractivity (Wildman–Crippen MR) is 72.4 cm³/mol. The van der Waals surface area contributed by atoms with Crippen LogP contribution in [0.5, 0.6) is 0 Å². The number of primary sulfonamides is 1. The van der Waals surface area contributed by atoms with E-state index >= 15 is 0 Å². The van der Waals surface area contributed by atoms with Crippen molar-refractivity contribution in [1.82, 2.24) is 5.32 Å². The van der Waals surface area contributed by atoms with Crippen LogP contribution in [0.25, 0.3) is 0 Å². The van der Waals surface area contributed by atoms with Crippen LogP contribution >= 0.6 is 11.6 Å². The molecule has 0 bridgehead atoms. The van der Waals surface area contributed by atoms with E-state index in [1.54, 1.807) is 0 Å². The maximum atomic E-state index is 14.0. The third-order valence-corrected chi connectivity index (χ3v) is 4.48. The molecule has 1 aromatic carbocycles. The van der Waals surface area contributed by atoms with Crippen LogP contribution < -0.4 is 10.5 Å². The molecule has 2 rings (SSSR count). The van der Waals surface area contributed by atoms with Crippen LogP contribution in [0.2, 0.25) is 5.02 Å². The number of sulfonamides is 1. The number of amides is 1. The Balaban J connectivity index is 2.26. The first-order valence-electron chi connectivity index (χ1n) is 6.00. The first kappa shape index (κ1) is 15.2. The van der Waals surface area contributed by atoms with Gasteiger partial charge in [-0.05, 0) is 30.4 Å². The summed E-state index contributed by atoms with van der Waals surface area (Å²) in [6, 6.07) is 1.96. The number of carbonyl (C=O) groups excluding carboxylic acids is 1. The second-order valence-electron chi connectivity index (χ2n) is 4.99. The average molecular weight is 321 g/mol. The Morgan fingerprint density at radius 2 is 2.15 bits per heavy atom. The summed E-state index contributed by atoms with van der Waals surface area (Å²) in [6.45, 7) is 2.48. The molecule has 0 saturated heterocycles. The molecule has 2 unspecified atom stereocenters. The van der Waals surface area contributed by atoms with Gasteiger partial charge >= 0.3 is 0 Å². The highest BCUT2D eigenvalue weighted by Crippen LogP contribution is 2.36. The average Bonchev–Trinajstić information content (AvgIpc) is 3.03. The summed E-state index contributed by atoms with van der Waals surface area (Å²) < 4.78 is 36.5. The lowest BCUT2D eigenvalue weighted by molar-refractivity contribution is 0.0947. The SMILES string of the molecule is CC1CC1CNC(=O)c1cc(Cl)cc(S(N)(=O)=O)c1F. The Morgan fingerprint density at radius 3 is 2.65 bits per heavy atom. The minimum absolute atomic E-state index is 0.0691. The fourth-order valence-electron chi connectivity index (χ4n) is 1.94. The molecule has 1 fully saturated rings. The van der Waals surface area contributed by atoms with E-state index < -0.39 is 32.2 Å². The van der Waals surface area contributed by atoms with Gasteiger partial charge in [0.05, 0.1) is 5.56 Å². The summed E-state index contributed by atoms with van der Waals surface area (Å²) in [5.74, 6) is -0.953. The van der Waals surface area contributed by atoms with E-state index in [1.165, 1.54) is 0 Å². The second kappa shape index (κ2) is 5.31. The number of nitrogens with one attached hydrogen (secondary N) is 1.